The van der Waals surface area contributed by atoms with E-state index < -0.39 is 11.5 Å². The number of allylic oxidation sites excluding steroid dienone is 1. The van der Waals surface area contributed by atoms with Gasteiger partial charge in [0.25, 0.3) is 17.4 Å². The van der Waals surface area contributed by atoms with E-state index in [4.69, 9.17) is 28.9 Å². The molecule has 0 atom stereocenters. The lowest BCUT2D eigenvalue weighted by atomic mass is 9.90. The molecule has 37 heteroatoms. The minimum absolute atomic E-state index is 0.0591. The van der Waals surface area contributed by atoms with Crippen molar-refractivity contribution in [3.8, 4) is 46.1 Å². The molecule has 0 bridgehead atoms. The number of nitrogens with one attached hydrogen (secondary N) is 12. The summed E-state index contributed by atoms with van der Waals surface area (Å²) in [6.07, 6.45) is 17.7. The zero-order chi connectivity index (χ0) is 87.6. The van der Waals surface area contributed by atoms with Gasteiger partial charge in [0.15, 0.2) is 29.1 Å². The molecule has 0 aliphatic carbocycles. The molecule has 660 valence electrons. The third-order valence-corrected chi connectivity index (χ3v) is 23.7. The van der Waals surface area contributed by atoms with Gasteiger partial charge in [-0.05, 0) is 135 Å². The van der Waals surface area contributed by atoms with E-state index in [0.717, 1.165) is 248 Å². The van der Waals surface area contributed by atoms with Crippen LogP contribution in [0.5, 0.6) is 0 Å². The van der Waals surface area contributed by atoms with Crippen LogP contribution in [0.15, 0.2) is 127 Å². The Bertz CT molecular complexity index is 6560. The number of pyridine rings is 1. The molecule has 12 N–H and O–H groups in total. The number of aromatic nitrogens is 21. The largest absolute Gasteiger partial charge is 0.379 e. The van der Waals surface area contributed by atoms with Gasteiger partial charge in [-0.3, -0.25) is 64.0 Å². The number of amides is 2. The third kappa shape index (κ3) is 20.1. The zero-order valence-corrected chi connectivity index (χ0v) is 71.8. The average Bonchev–Trinajstić information content (AvgIpc) is 1.65. The van der Waals surface area contributed by atoms with Crippen LogP contribution in [-0.2, 0) is 75.6 Å². The summed E-state index contributed by atoms with van der Waals surface area (Å²) in [6, 6.07) is 26.8. The quantitative estimate of drug-likeness (QED) is 0.0265. The SMILES string of the molecule is CCc1ncc(C)c(C(=O)Cc2cn[nH]c2-c2nc3ccc(CN4CCOCC4)cc3[nH]2)n1.Cc1cc(C)c(C(=O)Nc2cn[nH]c2-c2nc3ccc(CN4CCOCC4)cc3[nH]2)c(=O)[nH]1.O=C(Cc1cn[nH]c1-c1nc2ccc(CN3CCOCC3)cc2[nH]1)C1CCNCC1.O=C(Nc1cn[nH]c1-c1nc2ccc(CN3CCOCC3)cc2[nH]1)c1cn2c(n1)CC=C2. The fraction of sp³-hybridized carbons (Fsp3) is 0.363. The fourth-order valence-electron chi connectivity index (χ4n) is 16.9. The molecule has 0 radical (unpaired) electrons. The number of ether oxygens (including phenoxy) is 4. The summed E-state index contributed by atoms with van der Waals surface area (Å²) in [7, 11) is 0. The van der Waals surface area contributed by atoms with Crippen LogP contribution in [0.2, 0.25) is 0 Å². The van der Waals surface area contributed by atoms with Crippen molar-refractivity contribution in [1.29, 1.82) is 0 Å². The van der Waals surface area contributed by atoms with Crippen molar-refractivity contribution in [2.45, 2.75) is 92.4 Å². The molecule has 128 heavy (non-hydrogen) atoms. The van der Waals surface area contributed by atoms with Gasteiger partial charge in [0.05, 0.1) is 133 Å². The number of hydrogen-bond donors (Lipinski definition) is 12. The summed E-state index contributed by atoms with van der Waals surface area (Å²) in [5, 5.41) is 37.4. The van der Waals surface area contributed by atoms with E-state index in [2.05, 4.69) is 181 Å². The van der Waals surface area contributed by atoms with E-state index in [-0.39, 0.29) is 29.6 Å². The molecule has 21 rings (SSSR count). The average molecular weight is 1730 g/mol. The van der Waals surface area contributed by atoms with Crippen molar-refractivity contribution in [2.24, 2.45) is 5.92 Å². The summed E-state index contributed by atoms with van der Waals surface area (Å²) < 4.78 is 23.6. The van der Waals surface area contributed by atoms with E-state index in [0.29, 0.717) is 87.3 Å². The molecule has 17 heterocycles. The summed E-state index contributed by atoms with van der Waals surface area (Å²) in [5.74, 6) is 3.69. The fourth-order valence-corrected chi connectivity index (χ4v) is 16.9. The first-order chi connectivity index (χ1) is 62.6. The number of piperidine rings is 1. The lowest BCUT2D eigenvalue weighted by molar-refractivity contribution is -0.122. The molecule has 15 aromatic rings. The normalized spacial score (nSPS) is 16.0. The number of imidazole rings is 5. The first kappa shape index (κ1) is 85.3. The van der Waals surface area contributed by atoms with E-state index >= 15 is 0 Å². The molecular weight excluding hydrogens is 1630 g/mol. The minimum Gasteiger partial charge on any atom is -0.379 e. The number of ketones is 2. The van der Waals surface area contributed by atoms with E-state index in [1.54, 1.807) is 50.9 Å². The van der Waals surface area contributed by atoms with Gasteiger partial charge in [0.2, 0.25) is 0 Å². The molecule has 0 spiro atoms. The predicted molar refractivity (Wildman–Crippen MR) is 481 cm³/mol. The molecule has 4 aromatic carbocycles. The lowest BCUT2D eigenvalue weighted by Gasteiger charge is -2.26. The Hall–Kier alpha value is -13.5. The highest BCUT2D eigenvalue weighted by Crippen LogP contribution is 2.32. The van der Waals surface area contributed by atoms with Gasteiger partial charge >= 0.3 is 0 Å². The standard InChI is InChI=1S/C24H27N7O2.C23H25N7O3.C22H22N8O2.C22H28N6O2/c1-3-21-25-12-15(2)22(29-21)20(32)11-17-13-26-30-23(17)24-27-18-5-4-16(10-19(18)28-24)14-31-6-8-33-9-7-31;1-13-9-14(2)25-22(31)19(13)23(32)28-18-11-24-29-20(18)21-26-16-4-3-15(10-17(16)27-21)12-30-5-7-33-8-6-30;31-22(18-13-30-5-1-2-19(30)24-18)27-17-11-23-28-20(17)21-25-15-4-3-14(10-16(15)26-21)12-29-6-8-32-9-7-29;29-20(16-3-5-23-6-4-16)12-17-13-24-27-21(17)22-25-18-2-1-15(11-19(18)26-22)14-28-7-9-30-10-8-28/h4-5,10,12-13H,3,6-9,11,14H2,1-2H3,(H,26,30)(H,27,28);3-4,9-11H,5-8,12H2,1-2H3,(H,24,29)(H,25,31)(H,26,27)(H,28,32);1,3-5,10-11,13H,2,6-9,12H2,(H,23,28)(H,25,26)(H,27,31);1-2,11,13,16,23H,3-10,12,14H2,(H,24,27)(H,25,26). The summed E-state index contributed by atoms with van der Waals surface area (Å²) >= 11 is 0. The van der Waals surface area contributed by atoms with Gasteiger partial charge < -0.3 is 64.4 Å². The Morgan fingerprint density at radius 2 is 0.891 bits per heavy atom. The first-order valence-corrected chi connectivity index (χ1v) is 43.5. The maximum Gasteiger partial charge on any atom is 0.275 e. The number of anilines is 2. The summed E-state index contributed by atoms with van der Waals surface area (Å²) in [6.45, 7) is 26.5. The van der Waals surface area contributed by atoms with E-state index in [1.165, 1.54) is 28.5 Å². The van der Waals surface area contributed by atoms with Crippen LogP contribution in [0, 0.1) is 26.7 Å². The summed E-state index contributed by atoms with van der Waals surface area (Å²) in [4.78, 5) is 121. The molecule has 37 nitrogen and oxygen atoms in total. The Morgan fingerprint density at radius 1 is 0.469 bits per heavy atom. The summed E-state index contributed by atoms with van der Waals surface area (Å²) in [5.41, 5.74) is 20.1. The highest BCUT2D eigenvalue weighted by molar-refractivity contribution is 6.07. The molecule has 5 fully saturated rings. The zero-order valence-electron chi connectivity index (χ0n) is 71.8. The molecular formula is C91H102N28O9. The number of aromatic amines is 9. The van der Waals surface area contributed by atoms with Crippen molar-refractivity contribution >= 4 is 85.1 Å². The first-order valence-electron chi connectivity index (χ1n) is 43.5. The second-order valence-electron chi connectivity index (χ2n) is 32.9. The van der Waals surface area contributed by atoms with Crippen LogP contribution in [0.4, 0.5) is 11.4 Å². The highest BCUT2D eigenvalue weighted by atomic mass is 16.5. The maximum absolute atomic E-state index is 13.0. The number of benzene rings is 4. The van der Waals surface area contributed by atoms with Gasteiger partial charge in [0.1, 0.15) is 57.2 Å². The van der Waals surface area contributed by atoms with Gasteiger partial charge in [-0.1, -0.05) is 37.3 Å². The monoisotopic (exact) mass is 1730 g/mol. The lowest BCUT2D eigenvalue weighted by Crippen LogP contribution is -2.35. The molecule has 2 amide bonds. The van der Waals surface area contributed by atoms with Crippen molar-refractivity contribution in [1.82, 2.24) is 130 Å². The molecule has 6 aliphatic heterocycles. The number of Topliss-reactive ketones (excluding diaryl/α,β-unsaturated/α-hetero) is 2. The molecule has 0 saturated carbocycles. The minimum atomic E-state index is -0.500. The molecule has 6 aliphatic rings. The van der Waals surface area contributed by atoms with Gasteiger partial charge in [-0.25, -0.2) is 34.9 Å². The topological polar surface area (TPSA) is 460 Å². The van der Waals surface area contributed by atoms with Crippen LogP contribution in [0.25, 0.3) is 96.4 Å². The van der Waals surface area contributed by atoms with Crippen LogP contribution in [0.3, 0.4) is 0 Å². The van der Waals surface area contributed by atoms with Gasteiger partial charge in [-0.15, -0.1) is 0 Å². The second kappa shape index (κ2) is 39.2. The Morgan fingerprint density at radius 3 is 1.33 bits per heavy atom. The maximum atomic E-state index is 13.0. The van der Waals surface area contributed by atoms with Crippen molar-refractivity contribution in [2.75, 3.05) is 129 Å². The van der Waals surface area contributed by atoms with Crippen molar-refractivity contribution in [3.63, 3.8) is 0 Å². The van der Waals surface area contributed by atoms with Crippen LogP contribution < -0.4 is 21.5 Å². The van der Waals surface area contributed by atoms with E-state index in [1.807, 2.05) is 48.9 Å². The number of rotatable bonds is 23. The second-order valence-corrected chi connectivity index (χ2v) is 32.9. The molecule has 5 saturated heterocycles. The predicted octanol–water partition coefficient (Wildman–Crippen LogP) is 9.37. The van der Waals surface area contributed by atoms with Crippen molar-refractivity contribution < 1.29 is 38.1 Å². The number of hydrogen-bond acceptors (Lipinski definition) is 25. The number of carbonyl (C=O) groups excluding carboxylic acids is 4. The number of fused-ring (bicyclic) bond motifs is 5. The van der Waals surface area contributed by atoms with Gasteiger partial charge in [0, 0.05) is 146 Å². The number of carbonyl (C=O) groups is 4. The Balaban J connectivity index is 0.000000115. The molecule has 11 aromatic heterocycles. The smallest absolute Gasteiger partial charge is 0.275 e. The molecule has 0 unspecified atom stereocenters. The Kier molecular flexibility index (Phi) is 26.1. The Labute approximate surface area is 734 Å². The van der Waals surface area contributed by atoms with Gasteiger partial charge in [-0.2, -0.15) is 20.4 Å². The van der Waals surface area contributed by atoms with Crippen LogP contribution in [-0.4, -0.2) is 266 Å². The van der Waals surface area contributed by atoms with Crippen LogP contribution in [0.1, 0.15) is 113 Å². The number of aryl methyl sites for hydroxylation is 4. The third-order valence-electron chi connectivity index (χ3n) is 23.7. The number of morpholine rings is 4. The highest BCUT2D eigenvalue weighted by Gasteiger charge is 2.28. The van der Waals surface area contributed by atoms with E-state index in [9.17, 15) is 24.0 Å². The van der Waals surface area contributed by atoms with Crippen molar-refractivity contribution in [3.05, 3.63) is 211 Å². The number of H-pyrrole nitrogens is 9. The van der Waals surface area contributed by atoms with Crippen LogP contribution >= 0.6 is 0 Å². The number of nitrogens with zero attached hydrogens (tertiary/aromatic N) is 16.